The monoisotopic (exact) mass is 350 g/mol. The molecule has 5 heteroatoms. The number of nitrogens with zero attached hydrogens (tertiary/aromatic N) is 1. The second kappa shape index (κ2) is 5.39. The van der Waals surface area contributed by atoms with Gasteiger partial charge in [-0.2, -0.15) is 0 Å². The summed E-state index contributed by atoms with van der Waals surface area (Å²) < 4.78 is 14.1. The molecule has 2 rings (SSSR count). The molecular weight excluding hydrogens is 334 g/mol. The van der Waals surface area contributed by atoms with Gasteiger partial charge in [-0.25, -0.2) is 4.39 Å². The number of aliphatic hydroxyl groups excluding tert-OH is 1. The van der Waals surface area contributed by atoms with Gasteiger partial charge in [-0.1, -0.05) is 0 Å². The first-order chi connectivity index (χ1) is 8.13. The van der Waals surface area contributed by atoms with Gasteiger partial charge >= 0.3 is 0 Å². The van der Waals surface area contributed by atoms with E-state index in [9.17, 15) is 4.39 Å². The van der Waals surface area contributed by atoms with Gasteiger partial charge in [0.15, 0.2) is 0 Å². The number of benzene rings is 1. The van der Waals surface area contributed by atoms with Crippen LogP contribution in [-0.4, -0.2) is 24.3 Å². The molecule has 0 spiro atoms. The fourth-order valence-electron chi connectivity index (χ4n) is 2.11. The van der Waals surface area contributed by atoms with Crippen molar-refractivity contribution in [3.8, 4) is 0 Å². The van der Waals surface area contributed by atoms with E-state index in [1.165, 1.54) is 12.5 Å². The van der Waals surface area contributed by atoms with Crippen LogP contribution in [0.5, 0.6) is 0 Å². The van der Waals surface area contributed by atoms with Gasteiger partial charge in [0.05, 0.1) is 21.6 Å². The molecule has 3 nitrogen and oxygen atoms in total. The molecule has 0 unspecified atom stereocenters. The van der Waals surface area contributed by atoms with Gasteiger partial charge in [0.25, 0.3) is 0 Å². The summed E-state index contributed by atoms with van der Waals surface area (Å²) in [5.74, 6) is -0.253. The Morgan fingerprint density at radius 2 is 2.18 bits per heavy atom. The average molecular weight is 350 g/mol. The van der Waals surface area contributed by atoms with Crippen molar-refractivity contribution >= 4 is 34.0 Å². The summed E-state index contributed by atoms with van der Waals surface area (Å²) in [5.41, 5.74) is 7.23. The number of nitrogens with two attached hydrogens (primary N) is 1. The van der Waals surface area contributed by atoms with Crippen molar-refractivity contribution in [3.63, 3.8) is 0 Å². The molecule has 1 aliphatic rings. The SMILES string of the molecule is Nc1cc(I)c(F)cc1N(CCO)C1CCC1. The Hall–Kier alpha value is -0.560. The van der Waals surface area contributed by atoms with Crippen LogP contribution in [0.1, 0.15) is 19.3 Å². The number of aliphatic hydroxyl groups is 1. The fourth-order valence-corrected chi connectivity index (χ4v) is 2.60. The summed E-state index contributed by atoms with van der Waals surface area (Å²) in [5, 5.41) is 9.10. The lowest BCUT2D eigenvalue weighted by Crippen LogP contribution is -2.42. The molecule has 0 atom stereocenters. The third kappa shape index (κ3) is 2.65. The molecular formula is C12H16FIN2O. The van der Waals surface area contributed by atoms with E-state index in [1.54, 1.807) is 6.07 Å². The van der Waals surface area contributed by atoms with Crippen molar-refractivity contribution < 1.29 is 9.50 Å². The summed E-state index contributed by atoms with van der Waals surface area (Å²) in [7, 11) is 0. The molecule has 1 fully saturated rings. The van der Waals surface area contributed by atoms with Gasteiger partial charge < -0.3 is 15.7 Å². The Morgan fingerprint density at radius 3 is 2.71 bits per heavy atom. The highest BCUT2D eigenvalue weighted by Crippen LogP contribution is 2.34. The van der Waals surface area contributed by atoms with Crippen LogP contribution in [0.3, 0.4) is 0 Å². The van der Waals surface area contributed by atoms with Crippen LogP contribution in [0.15, 0.2) is 12.1 Å². The maximum Gasteiger partial charge on any atom is 0.138 e. The minimum atomic E-state index is -0.253. The van der Waals surface area contributed by atoms with Crippen molar-refractivity contribution in [1.29, 1.82) is 0 Å². The van der Waals surface area contributed by atoms with Gasteiger partial charge in [-0.3, -0.25) is 0 Å². The lowest BCUT2D eigenvalue weighted by Gasteiger charge is -2.39. The Balaban J connectivity index is 2.31. The first-order valence-electron chi connectivity index (χ1n) is 5.75. The molecule has 17 heavy (non-hydrogen) atoms. The Morgan fingerprint density at radius 1 is 1.47 bits per heavy atom. The van der Waals surface area contributed by atoms with E-state index in [4.69, 9.17) is 10.8 Å². The number of halogens is 2. The topological polar surface area (TPSA) is 49.5 Å². The zero-order valence-electron chi connectivity index (χ0n) is 9.50. The molecule has 0 bridgehead atoms. The minimum Gasteiger partial charge on any atom is -0.397 e. The van der Waals surface area contributed by atoms with Crippen molar-refractivity contribution in [3.05, 3.63) is 21.5 Å². The summed E-state index contributed by atoms with van der Waals surface area (Å²) in [6.07, 6.45) is 3.37. The van der Waals surface area contributed by atoms with E-state index >= 15 is 0 Å². The number of anilines is 2. The summed E-state index contributed by atoms with van der Waals surface area (Å²) >= 11 is 1.93. The van der Waals surface area contributed by atoms with Crippen molar-refractivity contribution in [2.75, 3.05) is 23.8 Å². The molecule has 0 aromatic heterocycles. The van der Waals surface area contributed by atoms with Gasteiger partial charge in [-0.15, -0.1) is 0 Å². The molecule has 1 saturated carbocycles. The third-order valence-corrected chi connectivity index (χ3v) is 4.06. The summed E-state index contributed by atoms with van der Waals surface area (Å²) in [6.45, 7) is 0.568. The van der Waals surface area contributed by atoms with Crippen LogP contribution in [0.25, 0.3) is 0 Å². The zero-order valence-corrected chi connectivity index (χ0v) is 11.7. The third-order valence-electron chi connectivity index (χ3n) is 3.24. The van der Waals surface area contributed by atoms with Gasteiger partial charge in [0.1, 0.15) is 5.82 Å². The first-order valence-corrected chi connectivity index (χ1v) is 6.83. The largest absolute Gasteiger partial charge is 0.397 e. The lowest BCUT2D eigenvalue weighted by molar-refractivity contribution is 0.283. The number of nitrogen functional groups attached to an aromatic ring is 1. The summed E-state index contributed by atoms with van der Waals surface area (Å²) in [6, 6.07) is 3.52. The maximum atomic E-state index is 13.6. The van der Waals surface area contributed by atoms with E-state index in [2.05, 4.69) is 0 Å². The Labute approximate surface area is 114 Å². The van der Waals surface area contributed by atoms with Crippen LogP contribution < -0.4 is 10.6 Å². The number of hydrogen-bond donors (Lipinski definition) is 2. The van der Waals surface area contributed by atoms with Gasteiger partial charge in [-0.05, 0) is 47.9 Å². The molecule has 0 saturated heterocycles. The second-order valence-corrected chi connectivity index (χ2v) is 5.49. The first kappa shape index (κ1) is 12.9. The van der Waals surface area contributed by atoms with E-state index in [1.807, 2.05) is 27.5 Å². The molecule has 1 aromatic carbocycles. The van der Waals surface area contributed by atoms with E-state index in [-0.39, 0.29) is 12.4 Å². The highest BCUT2D eigenvalue weighted by atomic mass is 127. The second-order valence-electron chi connectivity index (χ2n) is 4.33. The van der Waals surface area contributed by atoms with Gasteiger partial charge in [0.2, 0.25) is 0 Å². The molecule has 94 valence electrons. The molecule has 0 amide bonds. The molecule has 3 N–H and O–H groups in total. The van der Waals surface area contributed by atoms with Crippen LogP contribution >= 0.6 is 22.6 Å². The quantitative estimate of drug-likeness (QED) is 0.648. The lowest BCUT2D eigenvalue weighted by atomic mass is 9.91. The summed E-state index contributed by atoms with van der Waals surface area (Å²) in [4.78, 5) is 2.03. The van der Waals surface area contributed by atoms with Crippen molar-refractivity contribution in [2.45, 2.75) is 25.3 Å². The molecule has 0 radical (unpaired) electrons. The molecule has 0 heterocycles. The standard InChI is InChI=1S/C12H16FIN2O/c13-9-6-12(11(15)7-10(9)14)16(4-5-17)8-2-1-3-8/h6-8,17H,1-5,15H2. The number of hydrogen-bond acceptors (Lipinski definition) is 3. The molecule has 0 aliphatic heterocycles. The smallest absolute Gasteiger partial charge is 0.138 e. The Bertz CT molecular complexity index is 410. The normalized spacial score (nSPS) is 15.7. The van der Waals surface area contributed by atoms with Crippen LogP contribution in [0, 0.1) is 9.39 Å². The van der Waals surface area contributed by atoms with E-state index in [0.29, 0.717) is 27.5 Å². The highest BCUT2D eigenvalue weighted by molar-refractivity contribution is 14.1. The maximum absolute atomic E-state index is 13.6. The molecule has 1 aromatic rings. The van der Waals surface area contributed by atoms with Crippen LogP contribution in [0.4, 0.5) is 15.8 Å². The fraction of sp³-hybridized carbons (Fsp3) is 0.500. The van der Waals surface area contributed by atoms with Crippen LogP contribution in [-0.2, 0) is 0 Å². The zero-order chi connectivity index (χ0) is 12.4. The van der Waals surface area contributed by atoms with Crippen LogP contribution in [0.2, 0.25) is 0 Å². The highest BCUT2D eigenvalue weighted by Gasteiger charge is 2.26. The van der Waals surface area contributed by atoms with Crippen molar-refractivity contribution in [2.24, 2.45) is 0 Å². The van der Waals surface area contributed by atoms with E-state index < -0.39 is 0 Å². The van der Waals surface area contributed by atoms with E-state index in [0.717, 1.165) is 12.8 Å². The Kier molecular flexibility index (Phi) is 4.09. The van der Waals surface area contributed by atoms with Crippen molar-refractivity contribution in [1.82, 2.24) is 0 Å². The number of rotatable bonds is 4. The average Bonchev–Trinajstić information content (AvgIpc) is 2.20. The predicted octanol–water partition coefficient (Wildman–Crippen LogP) is 2.36. The molecule has 1 aliphatic carbocycles. The van der Waals surface area contributed by atoms with Gasteiger partial charge in [0, 0.05) is 18.7 Å². The predicted molar refractivity (Wildman–Crippen MR) is 75.6 cm³/mol. The minimum absolute atomic E-state index is 0.0591.